The Morgan fingerprint density at radius 3 is 2.62 bits per heavy atom. The standard InChI is InChI=1S/C27H23ClN2O4/c1-3-13-34-21-10-11-22(17(2)14-21)25(31)23-24(19-6-8-20(28)9-7-19)30(27(33)26(23)32)16-18-5-4-12-29-15-18/h3-12,14-15,24,31H,1,13,16H2,2H3/b25-23+. The number of amides is 1. The predicted octanol–water partition coefficient (Wildman–Crippen LogP) is 5.23. The summed E-state index contributed by atoms with van der Waals surface area (Å²) in [5, 5.41) is 11.8. The second-order valence-corrected chi connectivity index (χ2v) is 8.35. The molecular formula is C27H23ClN2O4. The van der Waals surface area contributed by atoms with Gasteiger partial charge < -0.3 is 14.7 Å². The molecule has 172 valence electrons. The molecule has 0 radical (unpaired) electrons. The van der Waals surface area contributed by atoms with Gasteiger partial charge in [-0.15, -0.1) is 0 Å². The summed E-state index contributed by atoms with van der Waals surface area (Å²) in [6.07, 6.45) is 4.92. The summed E-state index contributed by atoms with van der Waals surface area (Å²) >= 11 is 6.07. The van der Waals surface area contributed by atoms with Gasteiger partial charge in [0.05, 0.1) is 11.6 Å². The average molecular weight is 475 g/mol. The highest BCUT2D eigenvalue weighted by Crippen LogP contribution is 2.41. The number of rotatable bonds is 7. The van der Waals surface area contributed by atoms with Gasteiger partial charge in [-0.1, -0.05) is 42.5 Å². The highest BCUT2D eigenvalue weighted by Gasteiger charge is 2.46. The highest BCUT2D eigenvalue weighted by molar-refractivity contribution is 6.46. The van der Waals surface area contributed by atoms with Gasteiger partial charge in [0.1, 0.15) is 18.1 Å². The number of hydrogen-bond donors (Lipinski definition) is 1. The van der Waals surface area contributed by atoms with Crippen molar-refractivity contribution in [2.24, 2.45) is 0 Å². The normalized spacial score (nSPS) is 17.1. The molecule has 6 nitrogen and oxygen atoms in total. The summed E-state index contributed by atoms with van der Waals surface area (Å²) in [6.45, 7) is 5.95. The molecule has 1 amide bonds. The lowest BCUT2D eigenvalue weighted by Crippen LogP contribution is -2.29. The molecule has 2 aromatic carbocycles. The Morgan fingerprint density at radius 1 is 1.21 bits per heavy atom. The molecule has 1 saturated heterocycles. The van der Waals surface area contributed by atoms with Crippen molar-refractivity contribution in [3.8, 4) is 5.75 Å². The minimum atomic E-state index is -0.784. The van der Waals surface area contributed by atoms with E-state index in [9.17, 15) is 14.7 Å². The van der Waals surface area contributed by atoms with Crippen molar-refractivity contribution in [2.45, 2.75) is 19.5 Å². The monoisotopic (exact) mass is 474 g/mol. The van der Waals surface area contributed by atoms with Crippen LogP contribution in [0.25, 0.3) is 5.76 Å². The SMILES string of the molecule is C=CCOc1ccc(/C(O)=C2\C(=O)C(=O)N(Cc3cccnc3)C2c2ccc(Cl)cc2)c(C)c1. The van der Waals surface area contributed by atoms with E-state index >= 15 is 0 Å². The number of ketones is 1. The number of aryl methyl sites for hydroxylation is 1. The zero-order valence-corrected chi connectivity index (χ0v) is 19.3. The summed E-state index contributed by atoms with van der Waals surface area (Å²) in [4.78, 5) is 31.9. The van der Waals surface area contributed by atoms with Gasteiger partial charge in [0, 0.05) is 29.5 Å². The van der Waals surface area contributed by atoms with Crippen molar-refractivity contribution in [2.75, 3.05) is 6.61 Å². The van der Waals surface area contributed by atoms with E-state index in [2.05, 4.69) is 11.6 Å². The lowest BCUT2D eigenvalue weighted by Gasteiger charge is -2.25. The van der Waals surface area contributed by atoms with Gasteiger partial charge in [0.25, 0.3) is 11.7 Å². The summed E-state index contributed by atoms with van der Waals surface area (Å²) in [7, 11) is 0. The Hall–Kier alpha value is -3.90. The van der Waals surface area contributed by atoms with Crippen LogP contribution < -0.4 is 4.74 Å². The highest BCUT2D eigenvalue weighted by atomic mass is 35.5. The third-order valence-corrected chi connectivity index (χ3v) is 5.87. The van der Waals surface area contributed by atoms with Gasteiger partial charge in [-0.3, -0.25) is 14.6 Å². The first-order valence-electron chi connectivity index (χ1n) is 10.7. The third kappa shape index (κ3) is 4.58. The lowest BCUT2D eigenvalue weighted by molar-refractivity contribution is -0.140. The maximum absolute atomic E-state index is 13.2. The maximum atomic E-state index is 13.2. The van der Waals surface area contributed by atoms with Crippen molar-refractivity contribution in [3.05, 3.63) is 112 Å². The van der Waals surface area contributed by atoms with E-state index in [1.165, 1.54) is 4.90 Å². The Kier molecular flexibility index (Phi) is 6.80. The van der Waals surface area contributed by atoms with Gasteiger partial charge in [-0.2, -0.15) is 0 Å². The number of pyridine rings is 1. The molecule has 1 N–H and O–H groups in total. The number of nitrogens with zero attached hydrogens (tertiary/aromatic N) is 2. The molecule has 3 aromatic rings. The smallest absolute Gasteiger partial charge is 0.295 e. The molecule has 1 aromatic heterocycles. The Bertz CT molecular complexity index is 1270. The number of Topliss-reactive ketones (excluding diaryl/α,β-unsaturated/α-hetero) is 1. The molecule has 0 saturated carbocycles. The Balaban J connectivity index is 1.82. The minimum absolute atomic E-state index is 0.0269. The first kappa shape index (κ1) is 23.3. The Morgan fingerprint density at radius 2 is 1.97 bits per heavy atom. The van der Waals surface area contributed by atoms with Crippen LogP contribution in [-0.4, -0.2) is 33.3 Å². The van der Waals surface area contributed by atoms with Crippen molar-refractivity contribution < 1.29 is 19.4 Å². The van der Waals surface area contributed by atoms with E-state index in [1.54, 1.807) is 73.9 Å². The van der Waals surface area contributed by atoms with E-state index in [-0.39, 0.29) is 17.9 Å². The number of aliphatic hydroxyl groups is 1. The fourth-order valence-corrected chi connectivity index (χ4v) is 4.14. The lowest BCUT2D eigenvalue weighted by atomic mass is 9.94. The molecular weight excluding hydrogens is 452 g/mol. The molecule has 1 aliphatic heterocycles. The first-order valence-corrected chi connectivity index (χ1v) is 11.1. The van der Waals surface area contributed by atoms with Crippen molar-refractivity contribution >= 4 is 29.1 Å². The Labute approximate surface area is 202 Å². The molecule has 0 aliphatic carbocycles. The number of likely N-dealkylation sites (tertiary alicyclic amines) is 1. The largest absolute Gasteiger partial charge is 0.507 e. The number of benzene rings is 2. The molecule has 4 rings (SSSR count). The average Bonchev–Trinajstić information content (AvgIpc) is 3.08. The van der Waals surface area contributed by atoms with Crippen LogP contribution in [0.4, 0.5) is 0 Å². The fraction of sp³-hybridized carbons (Fsp3) is 0.148. The van der Waals surface area contributed by atoms with Crippen molar-refractivity contribution in [1.82, 2.24) is 9.88 Å². The van der Waals surface area contributed by atoms with Crippen LogP contribution in [0.2, 0.25) is 5.02 Å². The van der Waals surface area contributed by atoms with E-state index in [4.69, 9.17) is 16.3 Å². The van der Waals surface area contributed by atoms with Crippen LogP contribution in [0.5, 0.6) is 5.75 Å². The topological polar surface area (TPSA) is 79.7 Å². The predicted molar refractivity (Wildman–Crippen MR) is 130 cm³/mol. The second kappa shape index (κ2) is 9.93. The molecule has 2 heterocycles. The third-order valence-electron chi connectivity index (χ3n) is 5.62. The fourth-order valence-electron chi connectivity index (χ4n) is 4.01. The maximum Gasteiger partial charge on any atom is 0.295 e. The van der Waals surface area contributed by atoms with E-state index in [0.29, 0.717) is 34.1 Å². The number of carbonyl (C=O) groups excluding carboxylic acids is 2. The molecule has 1 fully saturated rings. The summed E-state index contributed by atoms with van der Waals surface area (Å²) < 4.78 is 5.56. The van der Waals surface area contributed by atoms with Crippen LogP contribution in [0, 0.1) is 6.92 Å². The van der Waals surface area contributed by atoms with E-state index in [0.717, 1.165) is 5.56 Å². The number of halogens is 1. The summed E-state index contributed by atoms with van der Waals surface area (Å²) in [5.41, 5.74) is 2.61. The quantitative estimate of drug-likeness (QED) is 0.219. The van der Waals surface area contributed by atoms with Crippen LogP contribution in [0.1, 0.15) is 28.3 Å². The molecule has 1 aliphatic rings. The van der Waals surface area contributed by atoms with E-state index < -0.39 is 17.7 Å². The van der Waals surface area contributed by atoms with Crippen molar-refractivity contribution in [3.63, 3.8) is 0 Å². The second-order valence-electron chi connectivity index (χ2n) is 7.92. The summed E-state index contributed by atoms with van der Waals surface area (Å²) in [5.74, 6) is -1.05. The van der Waals surface area contributed by atoms with E-state index in [1.807, 2.05) is 6.07 Å². The van der Waals surface area contributed by atoms with Crippen LogP contribution >= 0.6 is 11.6 Å². The van der Waals surface area contributed by atoms with Gasteiger partial charge in [-0.25, -0.2) is 0 Å². The minimum Gasteiger partial charge on any atom is -0.507 e. The molecule has 0 bridgehead atoms. The van der Waals surface area contributed by atoms with Gasteiger partial charge >= 0.3 is 0 Å². The van der Waals surface area contributed by atoms with Crippen LogP contribution in [-0.2, 0) is 16.1 Å². The molecule has 0 spiro atoms. The first-order chi connectivity index (χ1) is 16.4. The zero-order valence-electron chi connectivity index (χ0n) is 18.6. The molecule has 1 atom stereocenters. The molecule has 7 heteroatoms. The van der Waals surface area contributed by atoms with Crippen LogP contribution in [0.15, 0.2) is 85.2 Å². The molecule has 34 heavy (non-hydrogen) atoms. The number of hydrogen-bond acceptors (Lipinski definition) is 5. The molecule has 1 unspecified atom stereocenters. The summed E-state index contributed by atoms with van der Waals surface area (Å²) in [6, 6.07) is 14.8. The van der Waals surface area contributed by atoms with Gasteiger partial charge in [0.2, 0.25) is 0 Å². The number of aliphatic hydroxyl groups excluding tert-OH is 1. The zero-order chi connectivity index (χ0) is 24.2. The number of aromatic nitrogens is 1. The van der Waals surface area contributed by atoms with Gasteiger partial charge in [-0.05, 0) is 60.0 Å². The number of ether oxygens (including phenoxy) is 1. The van der Waals surface area contributed by atoms with Crippen LogP contribution in [0.3, 0.4) is 0 Å². The van der Waals surface area contributed by atoms with Gasteiger partial charge in [0.15, 0.2) is 0 Å². The number of carbonyl (C=O) groups is 2. The van der Waals surface area contributed by atoms with Crippen molar-refractivity contribution in [1.29, 1.82) is 0 Å².